The Morgan fingerprint density at radius 2 is 2.25 bits per heavy atom. The van der Waals surface area contributed by atoms with Gasteiger partial charge in [-0.2, -0.15) is 0 Å². The molecule has 1 unspecified atom stereocenters. The van der Waals surface area contributed by atoms with E-state index in [4.69, 9.17) is 13.6 Å². The van der Waals surface area contributed by atoms with Gasteiger partial charge < -0.3 is 18.9 Å². The molecule has 2 aromatic heterocycles. The lowest BCUT2D eigenvalue weighted by Crippen LogP contribution is -2.24. The second-order valence-electron chi connectivity index (χ2n) is 4.89. The Hall–Kier alpha value is -2.01. The first-order valence-electron chi connectivity index (χ1n) is 6.74. The van der Waals surface area contributed by atoms with E-state index in [1.807, 2.05) is 6.07 Å². The van der Waals surface area contributed by atoms with E-state index in [1.165, 1.54) is 18.9 Å². The van der Waals surface area contributed by atoms with Crippen molar-refractivity contribution in [3.05, 3.63) is 47.3 Å². The maximum Gasteiger partial charge on any atom is 0.374 e. The molecular weight excluding hydrogens is 258 g/mol. The van der Waals surface area contributed by atoms with E-state index in [0.29, 0.717) is 6.54 Å². The Morgan fingerprint density at radius 1 is 1.40 bits per heavy atom. The van der Waals surface area contributed by atoms with Gasteiger partial charge in [0.1, 0.15) is 5.76 Å². The van der Waals surface area contributed by atoms with Crippen molar-refractivity contribution in [1.82, 2.24) is 5.32 Å². The second kappa shape index (κ2) is 5.54. The van der Waals surface area contributed by atoms with E-state index in [2.05, 4.69) is 5.32 Å². The quantitative estimate of drug-likeness (QED) is 0.869. The van der Waals surface area contributed by atoms with Crippen molar-refractivity contribution in [3.63, 3.8) is 0 Å². The fraction of sp³-hybridized carbons (Fsp3) is 0.400. The number of ether oxygens (including phenoxy) is 1. The van der Waals surface area contributed by atoms with Crippen LogP contribution in [0.3, 0.4) is 0 Å². The van der Waals surface area contributed by atoms with Gasteiger partial charge in [0.2, 0.25) is 5.76 Å². The normalized spacial score (nSPS) is 17.8. The molecule has 20 heavy (non-hydrogen) atoms. The number of furan rings is 2. The summed E-state index contributed by atoms with van der Waals surface area (Å²) in [6.45, 7) is 0.566. The van der Waals surface area contributed by atoms with E-state index < -0.39 is 5.97 Å². The van der Waals surface area contributed by atoms with Gasteiger partial charge in [0, 0.05) is 30.1 Å². The van der Waals surface area contributed by atoms with Gasteiger partial charge in [0.05, 0.1) is 19.6 Å². The van der Waals surface area contributed by atoms with Crippen molar-refractivity contribution in [2.75, 3.05) is 7.11 Å². The van der Waals surface area contributed by atoms with Crippen molar-refractivity contribution in [3.8, 4) is 0 Å². The van der Waals surface area contributed by atoms with Crippen molar-refractivity contribution in [1.29, 1.82) is 0 Å². The molecule has 1 aliphatic rings. The summed E-state index contributed by atoms with van der Waals surface area (Å²) in [5.74, 6) is 0.886. The minimum Gasteiger partial charge on any atom is -0.469 e. The average molecular weight is 275 g/mol. The van der Waals surface area contributed by atoms with Gasteiger partial charge in [-0.25, -0.2) is 4.79 Å². The molecule has 0 aliphatic heterocycles. The predicted octanol–water partition coefficient (Wildman–Crippen LogP) is 2.83. The standard InChI is InChI=1S/C15H17NO4/c1-18-15(17)14-10(5-7-20-14)9-16-12-3-2-4-13-11(12)6-8-19-13/h5-8,12,16H,2-4,9H2,1H3. The summed E-state index contributed by atoms with van der Waals surface area (Å²) in [4.78, 5) is 11.5. The lowest BCUT2D eigenvalue weighted by Gasteiger charge is -2.22. The van der Waals surface area contributed by atoms with Crippen LogP contribution in [0.1, 0.15) is 46.3 Å². The van der Waals surface area contributed by atoms with Crippen molar-refractivity contribution in [2.45, 2.75) is 31.8 Å². The Balaban J connectivity index is 1.70. The molecule has 0 fully saturated rings. The second-order valence-corrected chi connectivity index (χ2v) is 4.89. The maximum atomic E-state index is 11.5. The molecule has 0 saturated carbocycles. The Morgan fingerprint density at radius 3 is 3.10 bits per heavy atom. The van der Waals surface area contributed by atoms with Crippen molar-refractivity contribution in [2.24, 2.45) is 0 Å². The minimum absolute atomic E-state index is 0.262. The molecule has 106 valence electrons. The van der Waals surface area contributed by atoms with Crippen LogP contribution in [-0.4, -0.2) is 13.1 Å². The maximum absolute atomic E-state index is 11.5. The zero-order chi connectivity index (χ0) is 13.9. The predicted molar refractivity (Wildman–Crippen MR) is 71.3 cm³/mol. The third-order valence-corrected chi connectivity index (χ3v) is 3.71. The summed E-state index contributed by atoms with van der Waals surface area (Å²) in [5, 5.41) is 3.46. The molecule has 2 heterocycles. The van der Waals surface area contributed by atoms with Gasteiger partial charge in [0.25, 0.3) is 0 Å². The number of aryl methyl sites for hydroxylation is 1. The highest BCUT2D eigenvalue weighted by Gasteiger charge is 2.23. The van der Waals surface area contributed by atoms with Crippen LogP contribution in [0, 0.1) is 0 Å². The Kier molecular flexibility index (Phi) is 3.60. The SMILES string of the molecule is COC(=O)c1occc1CNC1CCCc2occc21. The molecule has 1 N–H and O–H groups in total. The van der Waals surface area contributed by atoms with Gasteiger partial charge in [-0.1, -0.05) is 0 Å². The van der Waals surface area contributed by atoms with E-state index >= 15 is 0 Å². The first-order chi connectivity index (χ1) is 9.79. The lowest BCUT2D eigenvalue weighted by atomic mass is 9.93. The van der Waals surface area contributed by atoms with Crippen LogP contribution in [-0.2, 0) is 17.7 Å². The lowest BCUT2D eigenvalue weighted by molar-refractivity contribution is 0.0563. The molecule has 2 aromatic rings. The first kappa shape index (κ1) is 13.0. The van der Waals surface area contributed by atoms with Crippen molar-refractivity contribution >= 4 is 5.97 Å². The van der Waals surface area contributed by atoms with Crippen molar-refractivity contribution < 1.29 is 18.4 Å². The number of fused-ring (bicyclic) bond motifs is 1. The van der Waals surface area contributed by atoms with Crippen LogP contribution >= 0.6 is 0 Å². The van der Waals surface area contributed by atoms with Crippen LogP contribution in [0.2, 0.25) is 0 Å². The van der Waals surface area contributed by atoms with Crippen LogP contribution in [0.25, 0.3) is 0 Å². The topological polar surface area (TPSA) is 64.6 Å². The summed E-state index contributed by atoms with van der Waals surface area (Å²) in [7, 11) is 1.35. The van der Waals surface area contributed by atoms with Gasteiger partial charge in [0.15, 0.2) is 0 Å². The number of carbonyl (C=O) groups excluding carboxylic acids is 1. The number of hydrogen-bond acceptors (Lipinski definition) is 5. The molecule has 0 aromatic carbocycles. The van der Waals surface area contributed by atoms with Gasteiger partial charge in [-0.3, -0.25) is 0 Å². The smallest absolute Gasteiger partial charge is 0.374 e. The highest BCUT2D eigenvalue weighted by atomic mass is 16.5. The molecule has 5 nitrogen and oxygen atoms in total. The van der Waals surface area contributed by atoms with E-state index in [9.17, 15) is 4.79 Å². The number of nitrogens with one attached hydrogen (secondary N) is 1. The van der Waals surface area contributed by atoms with Crippen LogP contribution in [0.4, 0.5) is 0 Å². The number of methoxy groups -OCH3 is 1. The average Bonchev–Trinajstić information content (AvgIpc) is 3.12. The first-order valence-corrected chi connectivity index (χ1v) is 6.74. The molecule has 0 saturated heterocycles. The summed E-state index contributed by atoms with van der Waals surface area (Å²) in [5.41, 5.74) is 2.03. The molecule has 0 spiro atoms. The Bertz CT molecular complexity index is 599. The van der Waals surface area contributed by atoms with Gasteiger partial charge in [-0.05, 0) is 25.0 Å². The van der Waals surface area contributed by atoms with Crippen LogP contribution < -0.4 is 5.32 Å². The molecule has 5 heteroatoms. The molecule has 1 atom stereocenters. The monoisotopic (exact) mass is 275 g/mol. The third kappa shape index (κ3) is 2.36. The summed E-state index contributed by atoms with van der Waals surface area (Å²) in [6, 6.07) is 4.07. The number of carbonyl (C=O) groups is 1. The Labute approximate surface area is 116 Å². The number of esters is 1. The summed E-state index contributed by atoms with van der Waals surface area (Å²) in [6.07, 6.45) is 6.42. The van der Waals surface area contributed by atoms with Gasteiger partial charge >= 0.3 is 5.97 Å². The van der Waals surface area contributed by atoms with Crippen LogP contribution in [0.15, 0.2) is 33.5 Å². The minimum atomic E-state index is -0.445. The molecule has 1 aliphatic carbocycles. The highest BCUT2D eigenvalue weighted by molar-refractivity contribution is 5.87. The molecule has 3 rings (SSSR count). The fourth-order valence-electron chi connectivity index (χ4n) is 2.68. The third-order valence-electron chi connectivity index (χ3n) is 3.71. The summed E-state index contributed by atoms with van der Waals surface area (Å²) < 4.78 is 15.3. The molecular formula is C15H17NO4. The van der Waals surface area contributed by atoms with E-state index in [0.717, 1.165) is 30.6 Å². The number of hydrogen-bond donors (Lipinski definition) is 1. The molecule has 0 radical (unpaired) electrons. The zero-order valence-corrected chi connectivity index (χ0v) is 11.3. The zero-order valence-electron chi connectivity index (χ0n) is 11.3. The largest absolute Gasteiger partial charge is 0.469 e. The summed E-state index contributed by atoms with van der Waals surface area (Å²) >= 11 is 0. The van der Waals surface area contributed by atoms with E-state index in [1.54, 1.807) is 12.3 Å². The van der Waals surface area contributed by atoms with E-state index in [-0.39, 0.29) is 11.8 Å². The molecule has 0 amide bonds. The fourth-order valence-corrected chi connectivity index (χ4v) is 2.68. The van der Waals surface area contributed by atoms with Crippen LogP contribution in [0.5, 0.6) is 0 Å². The molecule has 0 bridgehead atoms. The number of rotatable bonds is 4. The van der Waals surface area contributed by atoms with Gasteiger partial charge in [-0.15, -0.1) is 0 Å². The highest BCUT2D eigenvalue weighted by Crippen LogP contribution is 2.30.